The first-order valence-corrected chi connectivity index (χ1v) is 7.86. The van der Waals surface area contributed by atoms with Gasteiger partial charge >= 0.3 is 0 Å². The van der Waals surface area contributed by atoms with Crippen molar-refractivity contribution >= 4 is 23.2 Å². The second kappa shape index (κ2) is 8.56. The van der Waals surface area contributed by atoms with Crippen LogP contribution in [0.2, 0.25) is 5.02 Å². The highest BCUT2D eigenvalue weighted by atomic mass is 35.5. The standard InChI is InChI=1S/C18H21ClN2O2/c1-13-6-7-17(23-2)16(10-13)21-18(22)12-20-9-8-14-4-3-5-15(19)11-14/h3-7,10-11,20H,8-9,12H2,1-2H3,(H,21,22). The van der Waals surface area contributed by atoms with Crippen LogP contribution in [0.3, 0.4) is 0 Å². The lowest BCUT2D eigenvalue weighted by molar-refractivity contribution is -0.115. The molecule has 0 aromatic heterocycles. The summed E-state index contributed by atoms with van der Waals surface area (Å²) >= 11 is 5.94. The van der Waals surface area contributed by atoms with Gasteiger partial charge in [0.25, 0.3) is 0 Å². The molecule has 2 rings (SSSR count). The summed E-state index contributed by atoms with van der Waals surface area (Å²) in [5, 5.41) is 6.72. The van der Waals surface area contributed by atoms with Crippen LogP contribution >= 0.6 is 11.6 Å². The van der Waals surface area contributed by atoms with Crippen LogP contribution in [0.5, 0.6) is 5.75 Å². The van der Waals surface area contributed by atoms with Gasteiger partial charge in [-0.1, -0.05) is 29.8 Å². The van der Waals surface area contributed by atoms with Gasteiger partial charge in [0.15, 0.2) is 0 Å². The first kappa shape index (κ1) is 17.3. The SMILES string of the molecule is COc1ccc(C)cc1NC(=O)CNCCc1cccc(Cl)c1. The second-order valence-corrected chi connectivity index (χ2v) is 5.75. The smallest absolute Gasteiger partial charge is 0.238 e. The number of hydrogen-bond acceptors (Lipinski definition) is 3. The van der Waals surface area contributed by atoms with E-state index in [-0.39, 0.29) is 12.5 Å². The summed E-state index contributed by atoms with van der Waals surface area (Å²) in [6.07, 6.45) is 0.821. The molecule has 0 bridgehead atoms. The van der Waals surface area contributed by atoms with Crippen LogP contribution in [0.15, 0.2) is 42.5 Å². The van der Waals surface area contributed by atoms with E-state index in [1.54, 1.807) is 7.11 Å². The molecule has 2 aromatic rings. The van der Waals surface area contributed by atoms with Crippen molar-refractivity contribution in [2.45, 2.75) is 13.3 Å². The highest BCUT2D eigenvalue weighted by Gasteiger charge is 2.07. The van der Waals surface area contributed by atoms with Gasteiger partial charge in [-0.2, -0.15) is 0 Å². The summed E-state index contributed by atoms with van der Waals surface area (Å²) in [5.41, 5.74) is 2.90. The van der Waals surface area contributed by atoms with Crippen LogP contribution in [0.1, 0.15) is 11.1 Å². The summed E-state index contributed by atoms with van der Waals surface area (Å²) in [7, 11) is 1.59. The van der Waals surface area contributed by atoms with Crippen molar-refractivity contribution in [2.75, 3.05) is 25.5 Å². The molecular weight excluding hydrogens is 312 g/mol. The zero-order valence-electron chi connectivity index (χ0n) is 13.4. The molecule has 5 heteroatoms. The number of aryl methyl sites for hydroxylation is 1. The van der Waals surface area contributed by atoms with E-state index in [4.69, 9.17) is 16.3 Å². The van der Waals surface area contributed by atoms with Crippen LogP contribution in [-0.4, -0.2) is 26.1 Å². The molecule has 0 unspecified atom stereocenters. The predicted octanol–water partition coefficient (Wildman–Crippen LogP) is 3.43. The van der Waals surface area contributed by atoms with Gasteiger partial charge in [0.1, 0.15) is 5.75 Å². The topological polar surface area (TPSA) is 50.4 Å². The number of carbonyl (C=O) groups is 1. The Morgan fingerprint density at radius 2 is 2.04 bits per heavy atom. The Bertz CT molecular complexity index is 674. The third-order valence-corrected chi connectivity index (χ3v) is 3.63. The van der Waals surface area contributed by atoms with Gasteiger partial charge in [-0.05, 0) is 55.3 Å². The van der Waals surface area contributed by atoms with Crippen molar-refractivity contribution in [2.24, 2.45) is 0 Å². The summed E-state index contributed by atoms with van der Waals surface area (Å²) in [6.45, 7) is 2.93. The number of ether oxygens (including phenoxy) is 1. The van der Waals surface area contributed by atoms with Gasteiger partial charge < -0.3 is 15.4 Å². The van der Waals surface area contributed by atoms with Crippen molar-refractivity contribution < 1.29 is 9.53 Å². The largest absolute Gasteiger partial charge is 0.495 e. The Balaban J connectivity index is 1.78. The number of nitrogens with one attached hydrogen (secondary N) is 2. The Kier molecular flexibility index (Phi) is 6.44. The monoisotopic (exact) mass is 332 g/mol. The molecule has 2 N–H and O–H groups in total. The van der Waals surface area contributed by atoms with Crippen molar-refractivity contribution in [3.8, 4) is 5.75 Å². The van der Waals surface area contributed by atoms with E-state index in [0.717, 1.165) is 22.6 Å². The molecule has 23 heavy (non-hydrogen) atoms. The molecule has 0 saturated heterocycles. The van der Waals surface area contributed by atoms with E-state index in [1.807, 2.05) is 49.4 Å². The summed E-state index contributed by atoms with van der Waals surface area (Å²) in [4.78, 5) is 12.0. The Morgan fingerprint density at radius 1 is 1.22 bits per heavy atom. The molecule has 0 saturated carbocycles. The Hall–Kier alpha value is -2.04. The minimum absolute atomic E-state index is 0.0972. The maximum Gasteiger partial charge on any atom is 0.238 e. The molecule has 0 atom stereocenters. The van der Waals surface area contributed by atoms with Crippen molar-refractivity contribution in [1.29, 1.82) is 0 Å². The first-order valence-electron chi connectivity index (χ1n) is 7.48. The lowest BCUT2D eigenvalue weighted by Crippen LogP contribution is -2.29. The van der Waals surface area contributed by atoms with Gasteiger partial charge in [-0.15, -0.1) is 0 Å². The molecule has 122 valence electrons. The minimum Gasteiger partial charge on any atom is -0.495 e. The number of halogens is 1. The van der Waals surface area contributed by atoms with Crippen molar-refractivity contribution in [1.82, 2.24) is 5.32 Å². The number of anilines is 1. The predicted molar refractivity (Wildman–Crippen MR) is 94.4 cm³/mol. The lowest BCUT2D eigenvalue weighted by atomic mass is 10.1. The molecule has 2 aromatic carbocycles. The van der Waals surface area contributed by atoms with Crippen molar-refractivity contribution in [3.63, 3.8) is 0 Å². The zero-order chi connectivity index (χ0) is 16.7. The fourth-order valence-electron chi connectivity index (χ4n) is 2.24. The summed E-state index contributed by atoms with van der Waals surface area (Å²) < 4.78 is 5.25. The average molecular weight is 333 g/mol. The number of methoxy groups -OCH3 is 1. The fraction of sp³-hybridized carbons (Fsp3) is 0.278. The fourth-order valence-corrected chi connectivity index (χ4v) is 2.45. The highest BCUT2D eigenvalue weighted by Crippen LogP contribution is 2.24. The molecule has 0 heterocycles. The van der Waals surface area contributed by atoms with Gasteiger partial charge in [0.05, 0.1) is 19.3 Å². The van der Waals surface area contributed by atoms with Crippen molar-refractivity contribution in [3.05, 3.63) is 58.6 Å². The maximum atomic E-state index is 12.0. The number of carbonyl (C=O) groups excluding carboxylic acids is 1. The zero-order valence-corrected chi connectivity index (χ0v) is 14.1. The van der Waals surface area contributed by atoms with E-state index in [2.05, 4.69) is 10.6 Å². The molecule has 1 amide bonds. The van der Waals surface area contributed by atoms with Crippen LogP contribution < -0.4 is 15.4 Å². The van der Waals surface area contributed by atoms with Crippen LogP contribution in [0.4, 0.5) is 5.69 Å². The second-order valence-electron chi connectivity index (χ2n) is 5.31. The number of rotatable bonds is 7. The number of hydrogen-bond donors (Lipinski definition) is 2. The van der Waals surface area contributed by atoms with Crippen LogP contribution in [-0.2, 0) is 11.2 Å². The minimum atomic E-state index is -0.0972. The molecule has 0 aliphatic heterocycles. The molecule has 4 nitrogen and oxygen atoms in total. The van der Waals surface area contributed by atoms with E-state index < -0.39 is 0 Å². The molecule has 0 fully saturated rings. The van der Waals surface area contributed by atoms with Gasteiger partial charge in [0.2, 0.25) is 5.91 Å². The van der Waals surface area contributed by atoms with E-state index in [1.165, 1.54) is 0 Å². The van der Waals surface area contributed by atoms with E-state index >= 15 is 0 Å². The van der Waals surface area contributed by atoms with Crippen LogP contribution in [0, 0.1) is 6.92 Å². The van der Waals surface area contributed by atoms with Gasteiger partial charge in [-0.25, -0.2) is 0 Å². The number of benzene rings is 2. The van der Waals surface area contributed by atoms with E-state index in [9.17, 15) is 4.79 Å². The summed E-state index contributed by atoms with van der Waals surface area (Å²) in [6, 6.07) is 13.4. The van der Waals surface area contributed by atoms with Gasteiger partial charge in [0, 0.05) is 5.02 Å². The normalized spacial score (nSPS) is 10.4. The molecule has 0 spiro atoms. The van der Waals surface area contributed by atoms with E-state index in [0.29, 0.717) is 18.0 Å². The molecular formula is C18H21ClN2O2. The molecule has 0 aliphatic rings. The third kappa shape index (κ3) is 5.58. The lowest BCUT2D eigenvalue weighted by Gasteiger charge is -2.11. The Labute approximate surface area is 141 Å². The highest BCUT2D eigenvalue weighted by molar-refractivity contribution is 6.30. The third-order valence-electron chi connectivity index (χ3n) is 3.39. The average Bonchev–Trinajstić information content (AvgIpc) is 2.52. The van der Waals surface area contributed by atoms with Crippen LogP contribution in [0.25, 0.3) is 0 Å². The number of amides is 1. The molecule has 0 aliphatic carbocycles. The molecule has 0 radical (unpaired) electrons. The quantitative estimate of drug-likeness (QED) is 0.764. The first-order chi connectivity index (χ1) is 11.1. The van der Waals surface area contributed by atoms with Gasteiger partial charge in [-0.3, -0.25) is 4.79 Å². The maximum absolute atomic E-state index is 12.0. The Morgan fingerprint density at radius 3 is 2.78 bits per heavy atom. The summed E-state index contributed by atoms with van der Waals surface area (Å²) in [5.74, 6) is 0.558.